The van der Waals surface area contributed by atoms with Crippen LogP contribution in [0.4, 0.5) is 0 Å². The van der Waals surface area contributed by atoms with Gasteiger partial charge in [0.1, 0.15) is 11.6 Å². The molecule has 5 heteroatoms. The number of aromatic nitrogens is 2. The molecule has 12 heavy (non-hydrogen) atoms. The highest BCUT2D eigenvalue weighted by Gasteiger charge is 2.06. The van der Waals surface area contributed by atoms with Gasteiger partial charge in [-0.2, -0.15) is 0 Å². The van der Waals surface area contributed by atoms with Gasteiger partial charge in [0.05, 0.1) is 0 Å². The quantitative estimate of drug-likeness (QED) is 0.667. The molecule has 0 bridgehead atoms. The van der Waals surface area contributed by atoms with Crippen LogP contribution in [0.25, 0.3) is 0 Å². The van der Waals surface area contributed by atoms with Crippen LogP contribution in [-0.2, 0) is 15.6 Å². The van der Waals surface area contributed by atoms with Gasteiger partial charge in [0.25, 0.3) is 0 Å². The molecule has 0 spiro atoms. The summed E-state index contributed by atoms with van der Waals surface area (Å²) in [5.41, 5.74) is 0.781. The van der Waals surface area contributed by atoms with Crippen LogP contribution < -0.4 is 0 Å². The largest absolute Gasteiger partial charge is 0.240 e. The molecule has 0 saturated heterocycles. The van der Waals surface area contributed by atoms with E-state index in [1.54, 1.807) is 19.2 Å². The van der Waals surface area contributed by atoms with E-state index >= 15 is 0 Å². The van der Waals surface area contributed by atoms with Crippen LogP contribution >= 0.6 is 0 Å². The van der Waals surface area contributed by atoms with Gasteiger partial charge >= 0.3 is 0 Å². The molecule has 0 radical (unpaired) electrons. The van der Waals surface area contributed by atoms with Gasteiger partial charge in [-0.05, 0) is 13.0 Å². The van der Waals surface area contributed by atoms with E-state index in [2.05, 4.69) is 9.97 Å². The Kier molecular flexibility index (Phi) is 2.42. The first kappa shape index (κ1) is 9.12. The molecule has 4 nitrogen and oxygen atoms in total. The highest BCUT2D eigenvalue weighted by molar-refractivity contribution is 7.89. The fourth-order valence-electron chi connectivity index (χ4n) is 0.805. The third-order valence-electron chi connectivity index (χ3n) is 1.24. The average molecular weight is 186 g/mol. The van der Waals surface area contributed by atoms with E-state index in [-0.39, 0.29) is 5.75 Å². The molecule has 0 N–H and O–H groups in total. The van der Waals surface area contributed by atoms with Gasteiger partial charge in [-0.1, -0.05) is 0 Å². The Bertz CT molecular complexity index is 373. The van der Waals surface area contributed by atoms with Crippen molar-refractivity contribution >= 4 is 9.84 Å². The number of hydrogen-bond donors (Lipinski definition) is 0. The summed E-state index contributed by atoms with van der Waals surface area (Å²) in [5.74, 6) is 0.270. The first-order chi connectivity index (χ1) is 5.47. The molecule has 0 unspecified atom stereocenters. The summed E-state index contributed by atoms with van der Waals surface area (Å²) < 4.78 is 21.7. The predicted molar refractivity (Wildman–Crippen MR) is 45.3 cm³/mol. The Morgan fingerprint density at radius 1 is 1.50 bits per heavy atom. The van der Waals surface area contributed by atoms with Crippen molar-refractivity contribution in [3.05, 3.63) is 23.8 Å². The second-order valence-electron chi connectivity index (χ2n) is 2.68. The topological polar surface area (TPSA) is 59.9 Å². The lowest BCUT2D eigenvalue weighted by atomic mass is 10.4. The lowest BCUT2D eigenvalue weighted by Gasteiger charge is -1.97. The lowest BCUT2D eigenvalue weighted by molar-refractivity contribution is 0.599. The molecule has 0 aliphatic carbocycles. The first-order valence-electron chi connectivity index (χ1n) is 3.43. The number of nitrogens with zero attached hydrogens (tertiary/aromatic N) is 2. The molecular formula is C7H10N2O2S. The summed E-state index contributed by atoms with van der Waals surface area (Å²) in [4.78, 5) is 7.80. The standard InChI is InChI=1S/C7H10N2O2S/c1-6-3-4-8-7(9-6)5-12(2,10)11/h3-4H,5H2,1-2H3. The summed E-state index contributed by atoms with van der Waals surface area (Å²) in [5, 5.41) is 0. The van der Waals surface area contributed by atoms with Crippen LogP contribution in [-0.4, -0.2) is 24.6 Å². The van der Waals surface area contributed by atoms with Crippen molar-refractivity contribution in [2.24, 2.45) is 0 Å². The zero-order valence-corrected chi connectivity index (χ0v) is 7.80. The van der Waals surface area contributed by atoms with E-state index in [1.165, 1.54) is 6.26 Å². The molecule has 0 aromatic carbocycles. The Labute approximate surface area is 71.6 Å². The highest BCUT2D eigenvalue weighted by Crippen LogP contribution is 1.98. The van der Waals surface area contributed by atoms with Crippen LogP contribution in [0.2, 0.25) is 0 Å². The number of sulfone groups is 1. The third-order valence-corrected chi connectivity index (χ3v) is 2.02. The molecule has 1 heterocycles. The maximum atomic E-state index is 10.8. The maximum absolute atomic E-state index is 10.8. The number of hydrogen-bond acceptors (Lipinski definition) is 4. The molecule has 1 rings (SSSR count). The Morgan fingerprint density at radius 3 is 2.67 bits per heavy atom. The van der Waals surface area contributed by atoms with Gasteiger partial charge in [-0.15, -0.1) is 0 Å². The van der Waals surface area contributed by atoms with Crippen LogP contribution in [0.1, 0.15) is 11.5 Å². The average Bonchev–Trinajstić information content (AvgIpc) is 1.82. The van der Waals surface area contributed by atoms with Crippen molar-refractivity contribution in [1.29, 1.82) is 0 Å². The Balaban J connectivity index is 2.91. The van der Waals surface area contributed by atoms with Crippen molar-refractivity contribution in [3.63, 3.8) is 0 Å². The molecule has 66 valence electrons. The Morgan fingerprint density at radius 2 is 2.17 bits per heavy atom. The minimum atomic E-state index is -3.02. The Hall–Kier alpha value is -0.970. The summed E-state index contributed by atoms with van der Waals surface area (Å²) in [6, 6.07) is 1.73. The first-order valence-corrected chi connectivity index (χ1v) is 5.50. The third kappa shape index (κ3) is 2.96. The normalized spacial score (nSPS) is 11.5. The van der Waals surface area contributed by atoms with Crippen LogP contribution in [0.3, 0.4) is 0 Å². The van der Waals surface area contributed by atoms with E-state index in [0.29, 0.717) is 5.82 Å². The molecule has 0 aliphatic heterocycles. The molecular weight excluding hydrogens is 176 g/mol. The van der Waals surface area contributed by atoms with Gasteiger partial charge in [0.15, 0.2) is 9.84 Å². The molecule has 0 fully saturated rings. The van der Waals surface area contributed by atoms with Crippen molar-refractivity contribution in [3.8, 4) is 0 Å². The summed E-state index contributed by atoms with van der Waals surface area (Å²) in [7, 11) is -3.02. The van der Waals surface area contributed by atoms with Crippen molar-refractivity contribution in [2.75, 3.05) is 6.26 Å². The number of aryl methyl sites for hydroxylation is 1. The fraction of sp³-hybridized carbons (Fsp3) is 0.429. The molecule has 0 amide bonds. The molecule has 0 aliphatic rings. The minimum Gasteiger partial charge on any atom is -0.240 e. The van der Waals surface area contributed by atoms with Crippen LogP contribution in [0, 0.1) is 6.92 Å². The molecule has 0 atom stereocenters. The van der Waals surface area contributed by atoms with Crippen molar-refractivity contribution in [2.45, 2.75) is 12.7 Å². The second kappa shape index (κ2) is 3.18. The molecule has 1 aromatic heterocycles. The molecule has 0 saturated carbocycles. The van der Waals surface area contributed by atoms with Crippen molar-refractivity contribution in [1.82, 2.24) is 9.97 Å². The summed E-state index contributed by atoms with van der Waals surface area (Å²) in [6.07, 6.45) is 2.72. The maximum Gasteiger partial charge on any atom is 0.154 e. The molecule has 1 aromatic rings. The van der Waals surface area contributed by atoms with E-state index in [9.17, 15) is 8.42 Å². The van der Waals surface area contributed by atoms with Gasteiger partial charge in [-0.25, -0.2) is 18.4 Å². The lowest BCUT2D eigenvalue weighted by Crippen LogP contribution is -2.05. The smallest absolute Gasteiger partial charge is 0.154 e. The monoisotopic (exact) mass is 186 g/mol. The van der Waals surface area contributed by atoms with E-state index in [4.69, 9.17) is 0 Å². The summed E-state index contributed by atoms with van der Waals surface area (Å²) >= 11 is 0. The second-order valence-corrected chi connectivity index (χ2v) is 4.82. The zero-order chi connectivity index (χ0) is 9.19. The van der Waals surface area contributed by atoms with Crippen molar-refractivity contribution < 1.29 is 8.42 Å². The summed E-state index contributed by atoms with van der Waals surface area (Å²) in [6.45, 7) is 1.80. The SMILES string of the molecule is Cc1ccnc(CS(C)(=O)=O)n1. The minimum absolute atomic E-state index is 0.0886. The van der Waals surface area contributed by atoms with Gasteiger partial charge in [0.2, 0.25) is 0 Å². The van der Waals surface area contributed by atoms with E-state index in [0.717, 1.165) is 5.69 Å². The van der Waals surface area contributed by atoms with Crippen LogP contribution in [0.5, 0.6) is 0 Å². The number of rotatable bonds is 2. The van der Waals surface area contributed by atoms with E-state index < -0.39 is 9.84 Å². The van der Waals surface area contributed by atoms with Crippen LogP contribution in [0.15, 0.2) is 12.3 Å². The fourth-order valence-corrected chi connectivity index (χ4v) is 1.41. The van der Waals surface area contributed by atoms with Gasteiger partial charge in [0, 0.05) is 18.1 Å². The zero-order valence-electron chi connectivity index (χ0n) is 6.98. The predicted octanol–water partition coefficient (Wildman–Crippen LogP) is 0.330. The van der Waals surface area contributed by atoms with Gasteiger partial charge in [-0.3, -0.25) is 0 Å². The van der Waals surface area contributed by atoms with E-state index in [1.807, 2.05) is 0 Å². The van der Waals surface area contributed by atoms with Gasteiger partial charge < -0.3 is 0 Å². The highest BCUT2D eigenvalue weighted by atomic mass is 32.2.